The summed E-state index contributed by atoms with van der Waals surface area (Å²) in [6.45, 7) is 0. The van der Waals surface area contributed by atoms with Crippen LogP contribution in [0.1, 0.15) is 0 Å². The lowest BCUT2D eigenvalue weighted by molar-refractivity contribution is 1.54. The van der Waals surface area contributed by atoms with E-state index in [2.05, 4.69) is 0 Å². The van der Waals surface area contributed by atoms with Crippen molar-refractivity contribution < 1.29 is 0 Å². The summed E-state index contributed by atoms with van der Waals surface area (Å²) in [6, 6.07) is 3.72. The Morgan fingerprint density at radius 1 is 1.10 bits per heavy atom. The Kier molecular flexibility index (Phi) is 2.04. The minimum Gasteiger partial charge on any atom is -0.191 e. The molecule has 0 aliphatic carbocycles. The van der Waals surface area contributed by atoms with E-state index in [0.29, 0.717) is 0 Å². The summed E-state index contributed by atoms with van der Waals surface area (Å²) in [4.78, 5) is 0.282. The van der Waals surface area contributed by atoms with Gasteiger partial charge in [0.1, 0.15) is 12.1 Å². The maximum atomic E-state index is 8.42. The third-order valence-corrected chi connectivity index (χ3v) is 2.55. The molecule has 0 saturated heterocycles. The number of hydrogen-bond acceptors (Lipinski definition) is 2. The molecule has 3 heteroatoms. The predicted molar refractivity (Wildman–Crippen MR) is 42.1 cm³/mol. The van der Waals surface area contributed by atoms with E-state index in [1.807, 2.05) is 35.1 Å². The molecule has 0 aromatic rings. The highest BCUT2D eigenvalue weighted by Gasteiger charge is 1.98. The summed E-state index contributed by atoms with van der Waals surface area (Å²) >= 11 is 0. The summed E-state index contributed by atoms with van der Waals surface area (Å²) in [5, 5.41) is 20.5. The largest absolute Gasteiger partial charge is 0.191 e. The summed E-state index contributed by atoms with van der Waals surface area (Å²) in [7, 11) is -0.332. The molecular weight excluding hydrogens is 144 g/mol. The average Bonchev–Trinajstić information content (AvgIpc) is 2.43. The summed E-state index contributed by atoms with van der Waals surface area (Å²) in [5.74, 6) is 0. The van der Waals surface area contributed by atoms with Crippen LogP contribution in [0.5, 0.6) is 0 Å². The van der Waals surface area contributed by atoms with Crippen molar-refractivity contribution in [3.63, 3.8) is 0 Å². The normalized spacial score (nSPS) is 14.6. The maximum Gasteiger partial charge on any atom is 0.161 e. The summed E-state index contributed by atoms with van der Waals surface area (Å²) in [5.41, 5.74) is 0. The van der Waals surface area contributed by atoms with E-state index in [1.54, 1.807) is 0 Å². The van der Waals surface area contributed by atoms with Crippen molar-refractivity contribution in [3.05, 3.63) is 23.0 Å². The maximum absolute atomic E-state index is 8.42. The molecule has 1 aliphatic rings. The van der Waals surface area contributed by atoms with Gasteiger partial charge in [-0.2, -0.15) is 10.5 Å². The first-order chi connectivity index (χ1) is 4.88. The van der Waals surface area contributed by atoms with Gasteiger partial charge in [0.05, 0.1) is 0 Å². The van der Waals surface area contributed by atoms with Crippen molar-refractivity contribution in [3.8, 4) is 12.1 Å². The van der Waals surface area contributed by atoms with Gasteiger partial charge in [0.2, 0.25) is 0 Å². The zero-order valence-corrected chi connectivity index (χ0v) is 5.93. The van der Waals surface area contributed by atoms with Crippen LogP contribution in [0.15, 0.2) is 23.0 Å². The lowest BCUT2D eigenvalue weighted by atomic mass is 10.5. The highest BCUT2D eigenvalue weighted by atomic mass is 32.2. The third kappa shape index (κ3) is 1.15. The molecule has 0 N–H and O–H groups in total. The second-order valence-electron chi connectivity index (χ2n) is 1.58. The molecule has 1 heterocycles. The second kappa shape index (κ2) is 3.00. The molecule has 0 aromatic carbocycles. The molecule has 0 amide bonds. The van der Waals surface area contributed by atoms with Gasteiger partial charge in [0.25, 0.3) is 0 Å². The molecule has 0 fully saturated rings. The Morgan fingerprint density at radius 3 is 2.00 bits per heavy atom. The first kappa shape index (κ1) is 6.80. The lowest BCUT2D eigenvalue weighted by Crippen LogP contribution is -1.84. The highest BCUT2D eigenvalue weighted by Crippen LogP contribution is 2.23. The minimum atomic E-state index is -0.332. The van der Waals surface area contributed by atoms with Gasteiger partial charge in [0.15, 0.2) is 4.86 Å². The molecule has 0 saturated carbocycles. The van der Waals surface area contributed by atoms with Crippen LogP contribution >= 0.6 is 10.5 Å². The van der Waals surface area contributed by atoms with Gasteiger partial charge in [-0.05, 0) is 10.8 Å². The molecule has 0 radical (unpaired) electrons. The van der Waals surface area contributed by atoms with E-state index in [1.165, 1.54) is 0 Å². The van der Waals surface area contributed by atoms with Crippen molar-refractivity contribution in [2.75, 3.05) is 0 Å². The fourth-order valence-electron chi connectivity index (χ4n) is 0.572. The molecule has 1 rings (SSSR count). The van der Waals surface area contributed by atoms with Crippen molar-refractivity contribution in [2.45, 2.75) is 0 Å². The number of nitrogens with zero attached hydrogens (tertiary/aromatic N) is 2. The fourth-order valence-corrected chi connectivity index (χ4v) is 1.67. The van der Waals surface area contributed by atoms with Gasteiger partial charge in [-0.15, -0.1) is 10.5 Å². The Morgan fingerprint density at radius 2 is 1.60 bits per heavy atom. The Balaban J connectivity index is 3.10. The zero-order chi connectivity index (χ0) is 7.40. The van der Waals surface area contributed by atoms with Gasteiger partial charge < -0.3 is 0 Å². The van der Waals surface area contributed by atoms with E-state index < -0.39 is 0 Å². The predicted octanol–water partition coefficient (Wildman–Crippen LogP) is 1.52. The standard InChI is InChI=1S/C7H4N2S/c8-5-7(6-9)10-3-1-2-4-10/h1-4H. The van der Waals surface area contributed by atoms with Gasteiger partial charge in [0, 0.05) is 0 Å². The number of hydrogen-bond donors (Lipinski definition) is 0. The van der Waals surface area contributed by atoms with Crippen molar-refractivity contribution in [2.24, 2.45) is 0 Å². The van der Waals surface area contributed by atoms with Gasteiger partial charge in [-0.25, -0.2) is 0 Å². The molecule has 0 atom stereocenters. The quantitative estimate of drug-likeness (QED) is 0.489. The van der Waals surface area contributed by atoms with E-state index in [-0.39, 0.29) is 15.3 Å². The van der Waals surface area contributed by atoms with Gasteiger partial charge in [-0.1, -0.05) is 12.2 Å². The molecule has 0 bridgehead atoms. The Labute approximate surface area is 61.6 Å². The third-order valence-electron chi connectivity index (χ3n) is 1.00. The first-order valence-electron chi connectivity index (χ1n) is 2.62. The lowest BCUT2D eigenvalue weighted by Gasteiger charge is -1.87. The monoisotopic (exact) mass is 148 g/mol. The van der Waals surface area contributed by atoms with Crippen LogP contribution in [0.4, 0.5) is 0 Å². The second-order valence-corrected chi connectivity index (χ2v) is 3.28. The van der Waals surface area contributed by atoms with E-state index in [4.69, 9.17) is 10.5 Å². The van der Waals surface area contributed by atoms with Crippen LogP contribution in [-0.4, -0.2) is 4.86 Å². The van der Waals surface area contributed by atoms with Crippen LogP contribution in [0.2, 0.25) is 0 Å². The summed E-state index contributed by atoms with van der Waals surface area (Å²) in [6.07, 6.45) is 3.69. The van der Waals surface area contributed by atoms with Gasteiger partial charge >= 0.3 is 0 Å². The van der Waals surface area contributed by atoms with Crippen LogP contribution in [0.3, 0.4) is 0 Å². The Hall–Kier alpha value is -1.32. The number of allylic oxidation sites excluding steroid dienone is 2. The van der Waals surface area contributed by atoms with Crippen molar-refractivity contribution >= 4 is 15.3 Å². The Bertz CT molecular complexity index is 279. The molecule has 0 spiro atoms. The topological polar surface area (TPSA) is 47.6 Å². The highest BCUT2D eigenvalue weighted by molar-refractivity contribution is 8.21. The molecule has 0 unspecified atom stereocenters. The van der Waals surface area contributed by atoms with Crippen molar-refractivity contribution in [1.82, 2.24) is 0 Å². The average molecular weight is 148 g/mol. The molecule has 10 heavy (non-hydrogen) atoms. The van der Waals surface area contributed by atoms with E-state index in [9.17, 15) is 0 Å². The van der Waals surface area contributed by atoms with Crippen LogP contribution in [0, 0.1) is 22.7 Å². The zero-order valence-electron chi connectivity index (χ0n) is 5.11. The number of nitriles is 2. The fraction of sp³-hybridized carbons (Fsp3) is 0. The van der Waals surface area contributed by atoms with E-state index in [0.717, 1.165) is 0 Å². The van der Waals surface area contributed by atoms with Crippen LogP contribution < -0.4 is 0 Å². The first-order valence-corrected chi connectivity index (χ1v) is 3.97. The van der Waals surface area contributed by atoms with E-state index >= 15 is 0 Å². The van der Waals surface area contributed by atoms with Crippen LogP contribution in [-0.2, 0) is 0 Å². The molecule has 1 aliphatic heterocycles. The SMILES string of the molecule is N#CC(C#N)=S1C=CC=C1. The smallest absolute Gasteiger partial charge is 0.161 e. The van der Waals surface area contributed by atoms with Gasteiger partial charge in [-0.3, -0.25) is 0 Å². The van der Waals surface area contributed by atoms with Crippen LogP contribution in [0.25, 0.3) is 0 Å². The number of rotatable bonds is 0. The molecular formula is C7H4N2S. The summed E-state index contributed by atoms with van der Waals surface area (Å²) < 4.78 is 0. The molecule has 2 nitrogen and oxygen atoms in total. The molecule has 0 aromatic heterocycles. The molecule has 48 valence electrons. The minimum absolute atomic E-state index is 0.282. The van der Waals surface area contributed by atoms with Crippen molar-refractivity contribution in [1.29, 1.82) is 10.5 Å².